The third kappa shape index (κ3) is 7.29. The number of amides is 1. The Morgan fingerprint density at radius 3 is 2.31 bits per heavy atom. The van der Waals surface area contributed by atoms with Crippen molar-refractivity contribution in [2.75, 3.05) is 25.0 Å². The molecule has 1 aromatic heterocycles. The first kappa shape index (κ1) is 25.7. The molecule has 0 atom stereocenters. The predicted molar refractivity (Wildman–Crippen MR) is 135 cm³/mol. The van der Waals surface area contributed by atoms with Crippen LogP contribution in [0.1, 0.15) is 22.7 Å². The summed E-state index contributed by atoms with van der Waals surface area (Å²) in [4.78, 5) is 34.6. The van der Waals surface area contributed by atoms with Crippen LogP contribution in [0.15, 0.2) is 65.5 Å². The minimum atomic E-state index is -0.448. The number of anilines is 1. The molecule has 0 aliphatic heterocycles. The first-order valence-electron chi connectivity index (χ1n) is 11.0. The number of rotatable bonds is 11. The number of hydroxylamine groups is 1. The monoisotopic (exact) mass is 497 g/mol. The molecule has 1 heterocycles. The lowest BCUT2D eigenvalue weighted by Crippen LogP contribution is -2.38. The fourth-order valence-corrected chi connectivity index (χ4v) is 3.68. The summed E-state index contributed by atoms with van der Waals surface area (Å²) in [5.41, 5.74) is 9.39. The predicted octanol–water partition coefficient (Wildman–Crippen LogP) is 1.98. The average Bonchev–Trinajstić information content (AvgIpc) is 2.86. The maximum atomic E-state index is 13.1. The third-order valence-corrected chi connectivity index (χ3v) is 5.61. The first-order valence-corrected chi connectivity index (χ1v) is 11.3. The molecule has 0 aliphatic carbocycles. The smallest absolute Gasteiger partial charge is 0.294 e. The van der Waals surface area contributed by atoms with Gasteiger partial charge in [0.1, 0.15) is 6.54 Å². The number of hydrogen-bond donors (Lipinski definition) is 5. The molecule has 1 amide bonds. The molecular weight excluding hydrogens is 470 g/mol. The second-order valence-electron chi connectivity index (χ2n) is 7.70. The number of benzene rings is 2. The lowest BCUT2D eigenvalue weighted by molar-refractivity contribution is -0.122. The summed E-state index contributed by atoms with van der Waals surface area (Å²) in [7, 11) is 0. The second-order valence-corrected chi connectivity index (χ2v) is 8.05. The molecule has 0 saturated carbocycles. The zero-order chi connectivity index (χ0) is 25.2. The normalized spacial score (nSPS) is 10.7. The number of nitrogens with two attached hydrogens (primary N) is 1. The molecule has 35 heavy (non-hydrogen) atoms. The Labute approximate surface area is 207 Å². The van der Waals surface area contributed by atoms with Gasteiger partial charge in [-0.25, -0.2) is 10.5 Å². The molecule has 0 unspecified atom stereocenters. The van der Waals surface area contributed by atoms with Crippen molar-refractivity contribution in [1.29, 1.82) is 5.41 Å². The van der Waals surface area contributed by atoms with Crippen molar-refractivity contribution in [2.24, 2.45) is 5.73 Å². The molecule has 0 bridgehead atoms. The van der Waals surface area contributed by atoms with E-state index in [1.807, 2.05) is 60.7 Å². The van der Waals surface area contributed by atoms with E-state index < -0.39 is 11.5 Å². The standard InChI is InChI=1S/C24H28ClN7O3/c1-16-21(25)30-22(23(34)32(16)15-20(33)28-12-13-35-31-24(26)27)29-14-19(17-8-4-2-5-9-17)18-10-6-3-7-11-18/h2-11,19H,12-15H2,1H3,(H,28,33)(H,29,30)(H4,26,27,31). The Morgan fingerprint density at radius 1 is 1.14 bits per heavy atom. The highest BCUT2D eigenvalue weighted by atomic mass is 35.5. The number of nitrogens with zero attached hydrogens (tertiary/aromatic N) is 2. The summed E-state index contributed by atoms with van der Waals surface area (Å²) in [6.07, 6.45) is 0. The van der Waals surface area contributed by atoms with Crippen molar-refractivity contribution in [1.82, 2.24) is 20.3 Å². The van der Waals surface area contributed by atoms with E-state index in [-0.39, 0.29) is 42.5 Å². The van der Waals surface area contributed by atoms with Gasteiger partial charge in [-0.05, 0) is 18.1 Å². The third-order valence-electron chi connectivity index (χ3n) is 5.25. The van der Waals surface area contributed by atoms with Crippen LogP contribution in [0.5, 0.6) is 0 Å². The maximum Gasteiger partial charge on any atom is 0.294 e. The number of carbonyl (C=O) groups is 1. The van der Waals surface area contributed by atoms with Crippen molar-refractivity contribution in [3.63, 3.8) is 0 Å². The van der Waals surface area contributed by atoms with Crippen molar-refractivity contribution in [2.45, 2.75) is 19.4 Å². The molecule has 10 nitrogen and oxygen atoms in total. The summed E-state index contributed by atoms with van der Waals surface area (Å²) in [5.74, 6) is -0.702. The van der Waals surface area contributed by atoms with Gasteiger partial charge in [-0.15, -0.1) is 0 Å². The number of carbonyl (C=O) groups excluding carboxylic acids is 1. The highest BCUT2D eigenvalue weighted by Crippen LogP contribution is 2.25. The van der Waals surface area contributed by atoms with Crippen LogP contribution in [0, 0.1) is 12.3 Å². The van der Waals surface area contributed by atoms with E-state index in [2.05, 4.69) is 21.1 Å². The van der Waals surface area contributed by atoms with Crippen LogP contribution in [0.25, 0.3) is 0 Å². The number of guanidine groups is 1. The summed E-state index contributed by atoms with van der Waals surface area (Å²) < 4.78 is 1.28. The van der Waals surface area contributed by atoms with Gasteiger partial charge in [-0.3, -0.25) is 24.4 Å². The lowest BCUT2D eigenvalue weighted by Gasteiger charge is -2.20. The van der Waals surface area contributed by atoms with Gasteiger partial charge >= 0.3 is 0 Å². The molecule has 3 rings (SSSR count). The molecule has 0 saturated heterocycles. The van der Waals surface area contributed by atoms with Crippen LogP contribution < -0.4 is 27.4 Å². The van der Waals surface area contributed by atoms with Gasteiger partial charge in [-0.1, -0.05) is 72.3 Å². The van der Waals surface area contributed by atoms with E-state index in [9.17, 15) is 9.59 Å². The topological polar surface area (TPSA) is 147 Å². The van der Waals surface area contributed by atoms with Crippen LogP contribution in [0.4, 0.5) is 5.82 Å². The molecule has 6 N–H and O–H groups in total. The molecule has 0 fully saturated rings. The summed E-state index contributed by atoms with van der Waals surface area (Å²) >= 11 is 6.30. The average molecular weight is 498 g/mol. The van der Waals surface area contributed by atoms with E-state index in [1.165, 1.54) is 4.57 Å². The van der Waals surface area contributed by atoms with E-state index in [0.717, 1.165) is 11.1 Å². The Kier molecular flexibility index (Phi) is 9.22. The van der Waals surface area contributed by atoms with Crippen molar-refractivity contribution in [3.05, 3.63) is 93.0 Å². The molecule has 2 aromatic carbocycles. The van der Waals surface area contributed by atoms with Crippen LogP contribution in [-0.2, 0) is 16.2 Å². The van der Waals surface area contributed by atoms with Crippen LogP contribution >= 0.6 is 11.6 Å². The van der Waals surface area contributed by atoms with Gasteiger partial charge in [0, 0.05) is 19.0 Å². The van der Waals surface area contributed by atoms with Gasteiger partial charge in [0.2, 0.25) is 11.9 Å². The summed E-state index contributed by atoms with van der Waals surface area (Å²) in [5, 5.41) is 12.9. The zero-order valence-corrected chi connectivity index (χ0v) is 20.0. The zero-order valence-electron chi connectivity index (χ0n) is 19.3. The van der Waals surface area contributed by atoms with Crippen molar-refractivity contribution < 1.29 is 9.63 Å². The van der Waals surface area contributed by atoms with Gasteiger partial charge in [0.15, 0.2) is 11.0 Å². The van der Waals surface area contributed by atoms with E-state index >= 15 is 0 Å². The molecule has 11 heteroatoms. The lowest BCUT2D eigenvalue weighted by atomic mass is 9.91. The van der Waals surface area contributed by atoms with Crippen LogP contribution in [-0.4, -0.2) is 41.1 Å². The summed E-state index contributed by atoms with van der Waals surface area (Å²) in [6, 6.07) is 19.9. The minimum Gasteiger partial charge on any atom is -0.368 e. The quantitative estimate of drug-likeness (QED) is 0.118. The van der Waals surface area contributed by atoms with Crippen molar-refractivity contribution in [3.8, 4) is 0 Å². The Morgan fingerprint density at radius 2 is 1.74 bits per heavy atom. The number of nitrogens with one attached hydrogen (secondary N) is 4. The van der Waals surface area contributed by atoms with Gasteiger partial charge in [0.25, 0.3) is 5.56 Å². The maximum absolute atomic E-state index is 13.1. The fraction of sp³-hybridized carbons (Fsp3) is 0.250. The highest BCUT2D eigenvalue weighted by molar-refractivity contribution is 6.30. The van der Waals surface area contributed by atoms with Crippen LogP contribution in [0.3, 0.4) is 0 Å². The largest absolute Gasteiger partial charge is 0.368 e. The number of hydrogen-bond acceptors (Lipinski definition) is 6. The van der Waals surface area contributed by atoms with Gasteiger partial charge in [0.05, 0.1) is 12.3 Å². The number of aromatic nitrogens is 2. The minimum absolute atomic E-state index is 0.0287. The molecule has 184 valence electrons. The molecular formula is C24H28ClN7O3. The van der Waals surface area contributed by atoms with Gasteiger partial charge < -0.3 is 16.4 Å². The van der Waals surface area contributed by atoms with E-state index in [4.69, 9.17) is 27.6 Å². The molecule has 0 aliphatic rings. The molecule has 3 aromatic rings. The van der Waals surface area contributed by atoms with Crippen LogP contribution in [0.2, 0.25) is 5.15 Å². The fourth-order valence-electron chi connectivity index (χ4n) is 3.49. The molecule has 0 radical (unpaired) electrons. The second kappa shape index (κ2) is 12.5. The molecule has 0 spiro atoms. The SMILES string of the molecule is Cc1c(Cl)nc(NCC(c2ccccc2)c2ccccc2)c(=O)n1CC(=O)NCCONC(=N)N. The Hall–Kier alpha value is -3.89. The van der Waals surface area contributed by atoms with E-state index in [1.54, 1.807) is 6.92 Å². The Balaban J connectivity index is 1.73. The highest BCUT2D eigenvalue weighted by Gasteiger charge is 2.18. The Bertz CT molecular complexity index is 1160. The van der Waals surface area contributed by atoms with Gasteiger partial charge in [-0.2, -0.15) is 0 Å². The summed E-state index contributed by atoms with van der Waals surface area (Å²) in [6.45, 7) is 2.05. The van der Waals surface area contributed by atoms with Crippen molar-refractivity contribution >= 4 is 29.3 Å². The van der Waals surface area contributed by atoms with E-state index in [0.29, 0.717) is 12.2 Å². The number of halogens is 1. The first-order chi connectivity index (χ1) is 16.9.